The lowest BCUT2D eigenvalue weighted by atomic mass is 10.1. The molecule has 0 fully saturated rings. The molecule has 1 aromatic heterocycles. The zero-order valence-corrected chi connectivity index (χ0v) is 12.3. The van der Waals surface area contributed by atoms with E-state index in [0.717, 1.165) is 11.1 Å². The molecule has 1 atom stereocenters. The van der Waals surface area contributed by atoms with Crippen LogP contribution in [0.25, 0.3) is 0 Å². The van der Waals surface area contributed by atoms with E-state index in [9.17, 15) is 9.59 Å². The number of amides is 2. The van der Waals surface area contributed by atoms with Gasteiger partial charge in [-0.15, -0.1) is 0 Å². The van der Waals surface area contributed by atoms with Crippen molar-refractivity contribution >= 4 is 17.5 Å². The van der Waals surface area contributed by atoms with Gasteiger partial charge in [0, 0.05) is 5.69 Å². The second-order valence-electron chi connectivity index (χ2n) is 4.96. The minimum Gasteiger partial charge on any atom is -0.459 e. The molecule has 0 radical (unpaired) electrons. The number of nitrogens with one attached hydrogen (secondary N) is 2. The summed E-state index contributed by atoms with van der Waals surface area (Å²) in [6.07, 6.45) is 1.41. The number of anilines is 1. The van der Waals surface area contributed by atoms with Gasteiger partial charge in [0.05, 0.1) is 6.26 Å². The summed E-state index contributed by atoms with van der Waals surface area (Å²) in [5.74, 6) is -0.512. The fourth-order valence-corrected chi connectivity index (χ4v) is 1.81. The maximum atomic E-state index is 12.1. The third-order valence-corrected chi connectivity index (χ3v) is 3.26. The van der Waals surface area contributed by atoms with Gasteiger partial charge in [-0.25, -0.2) is 0 Å². The van der Waals surface area contributed by atoms with Crippen molar-refractivity contribution < 1.29 is 14.0 Å². The van der Waals surface area contributed by atoms with E-state index in [-0.39, 0.29) is 11.7 Å². The number of carbonyl (C=O) groups excluding carboxylic acids is 2. The second kappa shape index (κ2) is 6.26. The summed E-state index contributed by atoms with van der Waals surface area (Å²) >= 11 is 0. The number of furan rings is 1. The SMILES string of the molecule is Cc1ccc(NC(=O)[C@@H](C)NC(=O)c2ccco2)cc1C. The lowest BCUT2D eigenvalue weighted by Crippen LogP contribution is -2.41. The van der Waals surface area contributed by atoms with Crippen molar-refractivity contribution in [1.82, 2.24) is 5.32 Å². The van der Waals surface area contributed by atoms with Crippen molar-refractivity contribution in [3.05, 3.63) is 53.5 Å². The van der Waals surface area contributed by atoms with Gasteiger partial charge in [-0.1, -0.05) is 6.07 Å². The van der Waals surface area contributed by atoms with Gasteiger partial charge in [0.15, 0.2) is 5.76 Å². The van der Waals surface area contributed by atoms with Crippen molar-refractivity contribution in [1.29, 1.82) is 0 Å². The Labute approximate surface area is 123 Å². The number of aryl methyl sites for hydroxylation is 2. The molecule has 0 saturated carbocycles. The van der Waals surface area contributed by atoms with Crippen LogP contribution in [0.4, 0.5) is 5.69 Å². The summed E-state index contributed by atoms with van der Waals surface area (Å²) in [4.78, 5) is 23.8. The van der Waals surface area contributed by atoms with Gasteiger partial charge in [-0.3, -0.25) is 9.59 Å². The Morgan fingerprint density at radius 3 is 2.52 bits per heavy atom. The predicted octanol–water partition coefficient (Wildman–Crippen LogP) is 2.65. The average Bonchev–Trinajstić information content (AvgIpc) is 2.97. The summed E-state index contributed by atoms with van der Waals surface area (Å²) in [6.45, 7) is 5.61. The minimum absolute atomic E-state index is 0.181. The summed E-state index contributed by atoms with van der Waals surface area (Å²) in [7, 11) is 0. The zero-order valence-electron chi connectivity index (χ0n) is 12.3. The standard InChI is InChI=1S/C16H18N2O3/c1-10-6-7-13(9-11(10)2)18-15(19)12(3)17-16(20)14-5-4-8-21-14/h4-9,12H,1-3H3,(H,17,20)(H,18,19)/t12-/m1/s1. The quantitative estimate of drug-likeness (QED) is 0.907. The molecular formula is C16H18N2O3. The first-order valence-corrected chi connectivity index (χ1v) is 6.70. The van der Waals surface area contributed by atoms with Crippen LogP contribution in [0.5, 0.6) is 0 Å². The van der Waals surface area contributed by atoms with E-state index in [4.69, 9.17) is 4.42 Å². The maximum Gasteiger partial charge on any atom is 0.287 e. The van der Waals surface area contributed by atoms with Crippen LogP contribution in [-0.2, 0) is 4.79 Å². The van der Waals surface area contributed by atoms with Gasteiger partial charge < -0.3 is 15.1 Å². The summed E-state index contributed by atoms with van der Waals surface area (Å²) < 4.78 is 4.98. The largest absolute Gasteiger partial charge is 0.459 e. The van der Waals surface area contributed by atoms with Crippen molar-refractivity contribution in [3.63, 3.8) is 0 Å². The van der Waals surface area contributed by atoms with Crippen molar-refractivity contribution in [2.45, 2.75) is 26.8 Å². The molecule has 0 bridgehead atoms. The molecule has 2 aromatic rings. The molecule has 0 aliphatic carbocycles. The molecule has 0 aliphatic heterocycles. The molecule has 5 heteroatoms. The highest BCUT2D eigenvalue weighted by molar-refractivity contribution is 5.99. The Bertz CT molecular complexity index is 648. The van der Waals surface area contributed by atoms with Crippen LogP contribution in [-0.4, -0.2) is 17.9 Å². The highest BCUT2D eigenvalue weighted by atomic mass is 16.3. The first-order chi connectivity index (χ1) is 9.97. The molecule has 1 heterocycles. The van der Waals surface area contributed by atoms with Crippen LogP contribution >= 0.6 is 0 Å². The molecule has 5 nitrogen and oxygen atoms in total. The number of hydrogen-bond acceptors (Lipinski definition) is 3. The Morgan fingerprint density at radius 2 is 1.90 bits per heavy atom. The van der Waals surface area contributed by atoms with Gasteiger partial charge in [-0.2, -0.15) is 0 Å². The van der Waals surface area contributed by atoms with Crippen LogP contribution in [0.2, 0.25) is 0 Å². The summed E-state index contributed by atoms with van der Waals surface area (Å²) in [5, 5.41) is 5.36. The van der Waals surface area contributed by atoms with Gasteiger partial charge in [0.2, 0.25) is 5.91 Å². The second-order valence-corrected chi connectivity index (χ2v) is 4.96. The van der Waals surface area contributed by atoms with E-state index < -0.39 is 11.9 Å². The Morgan fingerprint density at radius 1 is 1.14 bits per heavy atom. The molecule has 0 spiro atoms. The molecule has 1 aromatic carbocycles. The van der Waals surface area contributed by atoms with Crippen LogP contribution < -0.4 is 10.6 Å². The lowest BCUT2D eigenvalue weighted by molar-refractivity contribution is -0.117. The van der Waals surface area contributed by atoms with Gasteiger partial charge in [0.1, 0.15) is 6.04 Å². The van der Waals surface area contributed by atoms with Crippen LogP contribution in [0.15, 0.2) is 41.0 Å². The molecule has 2 N–H and O–H groups in total. The number of benzene rings is 1. The number of carbonyl (C=O) groups is 2. The van der Waals surface area contributed by atoms with Crippen LogP contribution in [0.3, 0.4) is 0 Å². The van der Waals surface area contributed by atoms with Crippen molar-refractivity contribution in [2.24, 2.45) is 0 Å². The fourth-order valence-electron chi connectivity index (χ4n) is 1.81. The molecule has 0 saturated heterocycles. The molecule has 2 rings (SSSR count). The lowest BCUT2D eigenvalue weighted by Gasteiger charge is -2.14. The third kappa shape index (κ3) is 3.72. The van der Waals surface area contributed by atoms with E-state index in [1.165, 1.54) is 6.26 Å². The van der Waals surface area contributed by atoms with E-state index in [1.54, 1.807) is 19.1 Å². The molecule has 110 valence electrons. The summed E-state index contributed by atoms with van der Waals surface area (Å²) in [6, 6.07) is 8.18. The molecule has 2 amide bonds. The molecule has 0 unspecified atom stereocenters. The Hall–Kier alpha value is -2.56. The molecular weight excluding hydrogens is 268 g/mol. The Kier molecular flexibility index (Phi) is 4.42. The van der Waals surface area contributed by atoms with E-state index in [1.807, 2.05) is 32.0 Å². The predicted molar refractivity (Wildman–Crippen MR) is 80.2 cm³/mol. The van der Waals surface area contributed by atoms with Crippen molar-refractivity contribution in [3.8, 4) is 0 Å². The third-order valence-electron chi connectivity index (χ3n) is 3.26. The fraction of sp³-hybridized carbons (Fsp3) is 0.250. The summed E-state index contributed by atoms with van der Waals surface area (Å²) in [5.41, 5.74) is 2.97. The Balaban J connectivity index is 1.96. The van der Waals surface area contributed by atoms with Gasteiger partial charge in [-0.05, 0) is 56.2 Å². The van der Waals surface area contributed by atoms with Crippen LogP contribution in [0, 0.1) is 13.8 Å². The normalized spacial score (nSPS) is 11.8. The van der Waals surface area contributed by atoms with Crippen molar-refractivity contribution in [2.75, 3.05) is 5.32 Å². The smallest absolute Gasteiger partial charge is 0.287 e. The van der Waals surface area contributed by atoms with E-state index >= 15 is 0 Å². The first kappa shape index (κ1) is 14.8. The molecule has 21 heavy (non-hydrogen) atoms. The highest BCUT2D eigenvalue weighted by Crippen LogP contribution is 2.14. The maximum absolute atomic E-state index is 12.1. The first-order valence-electron chi connectivity index (χ1n) is 6.70. The van der Waals surface area contributed by atoms with E-state index in [0.29, 0.717) is 5.69 Å². The van der Waals surface area contributed by atoms with E-state index in [2.05, 4.69) is 10.6 Å². The molecule has 0 aliphatic rings. The van der Waals surface area contributed by atoms with Crippen LogP contribution in [0.1, 0.15) is 28.6 Å². The topological polar surface area (TPSA) is 71.3 Å². The number of rotatable bonds is 4. The monoisotopic (exact) mass is 286 g/mol. The minimum atomic E-state index is -0.663. The average molecular weight is 286 g/mol. The highest BCUT2D eigenvalue weighted by Gasteiger charge is 2.18. The zero-order chi connectivity index (χ0) is 15.4. The van der Waals surface area contributed by atoms with Gasteiger partial charge in [0.25, 0.3) is 5.91 Å². The van der Waals surface area contributed by atoms with Gasteiger partial charge >= 0.3 is 0 Å². The number of hydrogen-bond donors (Lipinski definition) is 2.